The highest BCUT2D eigenvalue weighted by atomic mass is 35.5. The monoisotopic (exact) mass is 326 g/mol. The summed E-state index contributed by atoms with van der Waals surface area (Å²) in [6.45, 7) is 0. The second-order valence-electron chi connectivity index (χ2n) is 6.31. The molecular weight excluding hydrogens is 316 g/mol. The zero-order valence-electron chi connectivity index (χ0n) is 12.6. The molecular formula is C22H11ClO. The molecule has 0 bridgehead atoms. The molecule has 0 N–H and O–H groups in total. The molecule has 0 saturated carbocycles. The Bertz CT molecular complexity index is 1310. The molecule has 0 amide bonds. The number of benzene rings is 4. The number of halogens is 1. The van der Waals surface area contributed by atoms with E-state index in [2.05, 4.69) is 54.6 Å². The first kappa shape index (κ1) is 12.6. The Hall–Kier alpha value is -2.77. The third kappa shape index (κ3) is 1.41. The van der Waals surface area contributed by atoms with Crippen LogP contribution in [0.15, 0.2) is 71.1 Å². The van der Waals surface area contributed by atoms with Gasteiger partial charge in [0.15, 0.2) is 0 Å². The van der Waals surface area contributed by atoms with Crippen molar-refractivity contribution >= 4 is 44.3 Å². The van der Waals surface area contributed by atoms with Crippen molar-refractivity contribution in [1.82, 2.24) is 0 Å². The smallest absolute Gasteiger partial charge is 0.136 e. The van der Waals surface area contributed by atoms with Crippen LogP contribution < -0.4 is 0 Å². The lowest BCUT2D eigenvalue weighted by atomic mass is 9.93. The minimum Gasteiger partial charge on any atom is -0.456 e. The van der Waals surface area contributed by atoms with E-state index in [1.54, 1.807) is 0 Å². The van der Waals surface area contributed by atoms with Gasteiger partial charge in [-0.15, -0.1) is 0 Å². The third-order valence-electron chi connectivity index (χ3n) is 5.07. The maximum atomic E-state index is 6.34. The summed E-state index contributed by atoms with van der Waals surface area (Å²) < 4.78 is 6.14. The molecule has 0 atom stereocenters. The summed E-state index contributed by atoms with van der Waals surface area (Å²) >= 11 is 6.34. The van der Waals surface area contributed by atoms with Gasteiger partial charge < -0.3 is 4.42 Å². The van der Waals surface area contributed by atoms with Gasteiger partial charge in [0, 0.05) is 21.2 Å². The normalized spacial score (nSPS) is 12.4. The van der Waals surface area contributed by atoms with Gasteiger partial charge in [0.05, 0.1) is 0 Å². The average Bonchev–Trinajstić information content (AvgIpc) is 2.94. The lowest BCUT2D eigenvalue weighted by Crippen LogP contribution is -1.85. The van der Waals surface area contributed by atoms with Crippen molar-refractivity contribution in [2.75, 3.05) is 0 Å². The first-order chi connectivity index (χ1) is 11.8. The van der Waals surface area contributed by atoms with E-state index in [-0.39, 0.29) is 0 Å². The summed E-state index contributed by atoms with van der Waals surface area (Å²) in [5, 5.41) is 5.65. The van der Waals surface area contributed by atoms with E-state index in [0.29, 0.717) is 0 Å². The van der Waals surface area contributed by atoms with Crippen LogP contribution in [0.4, 0.5) is 0 Å². The second kappa shape index (κ2) is 4.19. The molecule has 0 unspecified atom stereocenters. The van der Waals surface area contributed by atoms with Crippen LogP contribution in [0.2, 0.25) is 5.02 Å². The molecule has 0 aliphatic heterocycles. The number of hydrogen-bond acceptors (Lipinski definition) is 1. The van der Waals surface area contributed by atoms with Crippen molar-refractivity contribution < 1.29 is 4.42 Å². The molecule has 1 nitrogen and oxygen atoms in total. The van der Waals surface area contributed by atoms with E-state index in [1.807, 2.05) is 12.1 Å². The van der Waals surface area contributed by atoms with Crippen molar-refractivity contribution in [2.45, 2.75) is 0 Å². The van der Waals surface area contributed by atoms with Crippen molar-refractivity contribution in [3.8, 4) is 22.3 Å². The zero-order chi connectivity index (χ0) is 15.8. The standard InChI is InChI=1S/C22H11ClO/c23-13-8-9-14-15-5-2-6-18-21(15)22-19(24-18)10-7-12-3-1-4-16(20(12)22)17(14)11-13/h1-11H. The van der Waals surface area contributed by atoms with Crippen molar-refractivity contribution in [3.05, 3.63) is 71.8 Å². The van der Waals surface area contributed by atoms with Crippen LogP contribution in [-0.2, 0) is 0 Å². The Kier molecular flexibility index (Phi) is 2.21. The predicted molar refractivity (Wildman–Crippen MR) is 101 cm³/mol. The van der Waals surface area contributed by atoms with Crippen LogP contribution in [0.25, 0.3) is 55.0 Å². The first-order valence-electron chi connectivity index (χ1n) is 7.98. The quantitative estimate of drug-likeness (QED) is 0.292. The Morgan fingerprint density at radius 1 is 0.583 bits per heavy atom. The van der Waals surface area contributed by atoms with Crippen LogP contribution in [0.5, 0.6) is 0 Å². The summed E-state index contributed by atoms with van der Waals surface area (Å²) in [6, 6.07) is 23.1. The minimum absolute atomic E-state index is 0.761. The van der Waals surface area contributed by atoms with Crippen molar-refractivity contribution in [3.63, 3.8) is 0 Å². The van der Waals surface area contributed by atoms with Gasteiger partial charge in [-0.25, -0.2) is 0 Å². The lowest BCUT2D eigenvalue weighted by Gasteiger charge is -2.11. The van der Waals surface area contributed by atoms with Crippen LogP contribution in [0.3, 0.4) is 0 Å². The molecule has 1 aliphatic rings. The van der Waals surface area contributed by atoms with E-state index < -0.39 is 0 Å². The Morgan fingerprint density at radius 2 is 1.38 bits per heavy atom. The summed E-state index contributed by atoms with van der Waals surface area (Å²) in [7, 11) is 0. The largest absolute Gasteiger partial charge is 0.456 e. The van der Waals surface area contributed by atoms with Gasteiger partial charge in [-0.1, -0.05) is 54.1 Å². The van der Waals surface area contributed by atoms with E-state index in [0.717, 1.165) is 16.2 Å². The highest BCUT2D eigenvalue weighted by molar-refractivity contribution is 6.32. The molecule has 2 heteroatoms. The molecule has 0 radical (unpaired) electrons. The van der Waals surface area contributed by atoms with Gasteiger partial charge >= 0.3 is 0 Å². The molecule has 112 valence electrons. The molecule has 4 aromatic carbocycles. The topological polar surface area (TPSA) is 13.1 Å². The van der Waals surface area contributed by atoms with Crippen LogP contribution >= 0.6 is 11.6 Å². The number of hydrogen-bond donors (Lipinski definition) is 0. The van der Waals surface area contributed by atoms with E-state index in [4.69, 9.17) is 16.0 Å². The highest BCUT2D eigenvalue weighted by Crippen LogP contribution is 2.49. The average molecular weight is 327 g/mol. The van der Waals surface area contributed by atoms with Gasteiger partial charge in [-0.3, -0.25) is 0 Å². The Labute approximate surface area is 143 Å². The molecule has 5 aromatic rings. The van der Waals surface area contributed by atoms with E-state index in [1.165, 1.54) is 43.8 Å². The van der Waals surface area contributed by atoms with Gasteiger partial charge in [0.25, 0.3) is 0 Å². The Morgan fingerprint density at radius 3 is 2.29 bits per heavy atom. The van der Waals surface area contributed by atoms with Crippen LogP contribution in [-0.4, -0.2) is 0 Å². The van der Waals surface area contributed by atoms with Gasteiger partial charge in [0.2, 0.25) is 0 Å². The fourth-order valence-electron chi connectivity index (χ4n) is 4.11. The van der Waals surface area contributed by atoms with E-state index >= 15 is 0 Å². The van der Waals surface area contributed by atoms with E-state index in [9.17, 15) is 0 Å². The fourth-order valence-corrected chi connectivity index (χ4v) is 4.28. The van der Waals surface area contributed by atoms with Crippen LogP contribution in [0, 0.1) is 0 Å². The first-order valence-corrected chi connectivity index (χ1v) is 8.36. The molecule has 1 heterocycles. The summed E-state index contributed by atoms with van der Waals surface area (Å²) in [6.07, 6.45) is 0. The molecule has 0 fully saturated rings. The predicted octanol–water partition coefficient (Wildman–Crippen LogP) is 7.04. The molecule has 24 heavy (non-hydrogen) atoms. The summed E-state index contributed by atoms with van der Waals surface area (Å²) in [5.74, 6) is 0. The fraction of sp³-hybridized carbons (Fsp3) is 0. The molecule has 0 saturated heterocycles. The SMILES string of the molecule is Clc1ccc2c(c1)-c1cccc3ccc4oc5cccc-2c5c4c13. The van der Waals surface area contributed by atoms with Crippen molar-refractivity contribution in [2.24, 2.45) is 0 Å². The highest BCUT2D eigenvalue weighted by Gasteiger charge is 2.22. The number of rotatable bonds is 0. The van der Waals surface area contributed by atoms with Gasteiger partial charge in [-0.2, -0.15) is 0 Å². The third-order valence-corrected chi connectivity index (χ3v) is 5.30. The Balaban J connectivity index is 2.05. The molecule has 0 spiro atoms. The van der Waals surface area contributed by atoms with Crippen LogP contribution in [0.1, 0.15) is 0 Å². The zero-order valence-corrected chi connectivity index (χ0v) is 13.4. The molecule has 6 rings (SSSR count). The number of furan rings is 1. The second-order valence-corrected chi connectivity index (χ2v) is 6.75. The van der Waals surface area contributed by atoms with Crippen molar-refractivity contribution in [1.29, 1.82) is 0 Å². The lowest BCUT2D eigenvalue weighted by molar-refractivity contribution is 0.669. The maximum Gasteiger partial charge on any atom is 0.136 e. The van der Waals surface area contributed by atoms with Gasteiger partial charge in [-0.05, 0) is 51.9 Å². The summed E-state index contributed by atoms with van der Waals surface area (Å²) in [4.78, 5) is 0. The minimum atomic E-state index is 0.761. The summed E-state index contributed by atoms with van der Waals surface area (Å²) in [5.41, 5.74) is 6.70. The molecule has 1 aliphatic carbocycles. The molecule has 1 aromatic heterocycles. The van der Waals surface area contributed by atoms with Gasteiger partial charge in [0.1, 0.15) is 11.2 Å². The number of fused-ring (bicyclic) bond motifs is 3. The maximum absolute atomic E-state index is 6.34.